The fourth-order valence-electron chi connectivity index (χ4n) is 3.11. The van der Waals surface area contributed by atoms with E-state index in [0.29, 0.717) is 5.69 Å². The molecule has 0 fully saturated rings. The Labute approximate surface area is 225 Å². The van der Waals surface area contributed by atoms with E-state index < -0.39 is 53.7 Å². The highest BCUT2D eigenvalue weighted by Crippen LogP contribution is 2.03. The maximum atomic E-state index is 13.0. The maximum absolute atomic E-state index is 13.0. The predicted octanol–water partition coefficient (Wildman–Crippen LogP) is -2.80. The molecule has 0 saturated carbocycles. The lowest BCUT2D eigenvalue weighted by Crippen LogP contribution is -2.57. The third kappa shape index (κ3) is 12.7. The fourth-order valence-corrected chi connectivity index (χ4v) is 3.11. The second-order valence-electron chi connectivity index (χ2n) is 8.11. The molecule has 5 amide bonds. The molecule has 1 heterocycles. The summed E-state index contributed by atoms with van der Waals surface area (Å²) in [4.78, 5) is 76.2. The average molecular weight is 546 g/mol. The Balaban J connectivity index is 2.94. The number of nitrogens with two attached hydrogens (primary N) is 3. The van der Waals surface area contributed by atoms with Crippen molar-refractivity contribution in [1.82, 2.24) is 31.2 Å². The van der Waals surface area contributed by atoms with Crippen molar-refractivity contribution in [1.29, 1.82) is 0 Å². The maximum Gasteiger partial charge on any atom is 0.243 e. The predicted molar refractivity (Wildman–Crippen MR) is 143 cm³/mol. The molecular weight excluding hydrogens is 510 g/mol. The molecule has 4 unspecified atom stereocenters. The standard InChI is InChI=1S/C23H35N11O5/c1-14(31-22(38)17(32-15(2)35)5-3-7-27-11-24)21(37)33-18(6-4-8-28-12-25)23(39)34-19(20(26)36)9-16-10-29-13-30-16/h3-4,7-8,10-14,17-19H,5-6,9H2,1-2H3,(H2,24,27)(H2,25,28)(H2,26,36)(H,29,30)(H,31,38)(H,32,35)(H,33,37)(H,34,39)/b7-3+,8-4+. The van der Waals surface area contributed by atoms with Gasteiger partial charge in [-0.3, -0.25) is 24.0 Å². The zero-order chi connectivity index (χ0) is 29.2. The zero-order valence-electron chi connectivity index (χ0n) is 21.7. The number of hydrogen-bond donors (Lipinski definition) is 8. The van der Waals surface area contributed by atoms with Crippen LogP contribution in [0, 0.1) is 0 Å². The molecule has 0 aliphatic carbocycles. The van der Waals surface area contributed by atoms with Gasteiger partial charge in [-0.1, -0.05) is 12.2 Å². The smallest absolute Gasteiger partial charge is 0.243 e. The minimum atomic E-state index is -1.16. The lowest BCUT2D eigenvalue weighted by Gasteiger charge is -2.23. The largest absolute Gasteiger partial charge is 0.390 e. The molecule has 212 valence electrons. The number of primary amides is 1. The van der Waals surface area contributed by atoms with E-state index in [1.165, 1.54) is 44.7 Å². The SMILES string of the molecule is CC(=O)NC(C/C=C/N=C\N)C(=O)NC(C)C(=O)NC(C/C=C/N=C\N)C(=O)NC(Cc1c[nH]cn1)C(N)=O. The number of nitrogens with one attached hydrogen (secondary N) is 5. The molecular formula is C23H35N11O5. The Kier molecular flexibility index (Phi) is 14.3. The normalized spacial score (nSPS) is 14.7. The molecule has 1 rings (SSSR count). The first-order chi connectivity index (χ1) is 18.6. The van der Waals surface area contributed by atoms with Gasteiger partial charge in [-0.2, -0.15) is 0 Å². The minimum Gasteiger partial charge on any atom is -0.390 e. The lowest BCUT2D eigenvalue weighted by atomic mass is 10.1. The van der Waals surface area contributed by atoms with Crippen molar-refractivity contribution in [2.24, 2.45) is 27.2 Å². The molecule has 0 aliphatic rings. The van der Waals surface area contributed by atoms with Gasteiger partial charge in [-0.15, -0.1) is 0 Å². The van der Waals surface area contributed by atoms with E-state index in [1.807, 2.05) is 0 Å². The fraction of sp³-hybridized carbons (Fsp3) is 0.391. The number of nitrogens with zero attached hydrogens (tertiary/aromatic N) is 3. The van der Waals surface area contributed by atoms with Crippen LogP contribution in [0.3, 0.4) is 0 Å². The minimum absolute atomic E-state index is 0.0234. The molecule has 0 aromatic carbocycles. The number of H-pyrrole nitrogens is 1. The van der Waals surface area contributed by atoms with Crippen molar-refractivity contribution in [2.75, 3.05) is 0 Å². The molecule has 39 heavy (non-hydrogen) atoms. The topological polar surface area (TPSA) is 265 Å². The van der Waals surface area contributed by atoms with Gasteiger partial charge in [0.2, 0.25) is 29.5 Å². The van der Waals surface area contributed by atoms with Gasteiger partial charge in [0.1, 0.15) is 24.2 Å². The summed E-state index contributed by atoms with van der Waals surface area (Å²) in [6.07, 6.45) is 10.8. The number of carbonyl (C=O) groups is 5. The van der Waals surface area contributed by atoms with Gasteiger partial charge in [0, 0.05) is 31.9 Å². The van der Waals surface area contributed by atoms with Crippen molar-refractivity contribution in [2.45, 2.75) is 57.3 Å². The van der Waals surface area contributed by atoms with Crippen molar-refractivity contribution < 1.29 is 24.0 Å². The van der Waals surface area contributed by atoms with Crippen LogP contribution < -0.4 is 38.5 Å². The monoisotopic (exact) mass is 545 g/mol. The average Bonchev–Trinajstić information content (AvgIpc) is 3.39. The summed E-state index contributed by atoms with van der Waals surface area (Å²) in [5.41, 5.74) is 16.3. The van der Waals surface area contributed by atoms with Crippen LogP contribution in [0.1, 0.15) is 32.4 Å². The van der Waals surface area contributed by atoms with Crippen molar-refractivity contribution >= 4 is 42.2 Å². The summed E-state index contributed by atoms with van der Waals surface area (Å²) in [6, 6.07) is -4.35. The number of imidazole rings is 1. The third-order valence-electron chi connectivity index (χ3n) is 5.01. The molecule has 4 atom stereocenters. The second-order valence-corrected chi connectivity index (χ2v) is 8.11. The Morgan fingerprint density at radius 2 is 1.44 bits per heavy atom. The van der Waals surface area contributed by atoms with Crippen molar-refractivity contribution in [3.8, 4) is 0 Å². The van der Waals surface area contributed by atoms with Crippen LogP contribution in [0.4, 0.5) is 0 Å². The molecule has 0 saturated heterocycles. The highest BCUT2D eigenvalue weighted by Gasteiger charge is 2.28. The third-order valence-corrected chi connectivity index (χ3v) is 5.01. The summed E-state index contributed by atoms with van der Waals surface area (Å²) >= 11 is 0. The number of aromatic nitrogens is 2. The number of aromatic amines is 1. The van der Waals surface area contributed by atoms with E-state index in [9.17, 15) is 24.0 Å². The summed E-state index contributed by atoms with van der Waals surface area (Å²) in [5.74, 6) is -3.29. The van der Waals surface area contributed by atoms with Gasteiger partial charge in [0.15, 0.2) is 0 Å². The number of carbonyl (C=O) groups excluding carboxylic acids is 5. The number of aliphatic imine (C=N–C) groups is 2. The lowest BCUT2D eigenvalue weighted by molar-refractivity contribution is -0.133. The number of hydrogen-bond acceptors (Lipinski definition) is 8. The first-order valence-corrected chi connectivity index (χ1v) is 11.8. The molecule has 16 heteroatoms. The van der Waals surface area contributed by atoms with Crippen molar-refractivity contribution in [3.05, 3.63) is 42.8 Å². The Morgan fingerprint density at radius 1 is 0.897 bits per heavy atom. The summed E-state index contributed by atoms with van der Waals surface area (Å²) < 4.78 is 0. The van der Waals surface area contributed by atoms with E-state index in [0.717, 1.165) is 12.7 Å². The van der Waals surface area contributed by atoms with Crippen molar-refractivity contribution in [3.63, 3.8) is 0 Å². The first-order valence-electron chi connectivity index (χ1n) is 11.8. The first kappa shape index (κ1) is 32.0. The van der Waals surface area contributed by atoms with Crippen LogP contribution >= 0.6 is 0 Å². The molecule has 11 N–H and O–H groups in total. The van der Waals surface area contributed by atoms with E-state index in [1.54, 1.807) is 6.20 Å². The number of amides is 5. The molecule has 0 radical (unpaired) electrons. The highest BCUT2D eigenvalue weighted by atomic mass is 16.2. The Morgan fingerprint density at radius 3 is 1.92 bits per heavy atom. The highest BCUT2D eigenvalue weighted by molar-refractivity contribution is 5.95. The van der Waals surface area contributed by atoms with Crippen LogP contribution in [0.25, 0.3) is 0 Å². The zero-order valence-corrected chi connectivity index (χ0v) is 21.7. The van der Waals surface area contributed by atoms with Gasteiger partial charge < -0.3 is 43.5 Å². The van der Waals surface area contributed by atoms with Crippen LogP contribution in [-0.4, -0.2) is 76.3 Å². The van der Waals surface area contributed by atoms with Gasteiger partial charge in [-0.05, 0) is 19.8 Å². The molecule has 1 aromatic heterocycles. The Hall–Kier alpha value is -5.02. The van der Waals surface area contributed by atoms with Gasteiger partial charge in [0.05, 0.1) is 24.7 Å². The van der Waals surface area contributed by atoms with Gasteiger partial charge in [0.25, 0.3) is 0 Å². The van der Waals surface area contributed by atoms with E-state index >= 15 is 0 Å². The summed E-state index contributed by atoms with van der Waals surface area (Å²) in [6.45, 7) is 2.65. The molecule has 1 aromatic rings. The van der Waals surface area contributed by atoms with E-state index in [4.69, 9.17) is 17.2 Å². The van der Waals surface area contributed by atoms with Crippen LogP contribution in [0.15, 0.2) is 47.1 Å². The van der Waals surface area contributed by atoms with E-state index in [-0.39, 0.29) is 19.3 Å². The summed E-state index contributed by atoms with van der Waals surface area (Å²) in [7, 11) is 0. The number of rotatable bonds is 16. The van der Waals surface area contributed by atoms with Gasteiger partial charge >= 0.3 is 0 Å². The van der Waals surface area contributed by atoms with E-state index in [2.05, 4.69) is 41.2 Å². The van der Waals surface area contributed by atoms with Crippen LogP contribution in [-0.2, 0) is 30.4 Å². The molecule has 0 aliphatic heterocycles. The molecule has 0 bridgehead atoms. The Bertz CT molecular complexity index is 1080. The summed E-state index contributed by atoms with van der Waals surface area (Å²) in [5, 5.41) is 10.0. The quantitative estimate of drug-likeness (QED) is 0.0792. The second kappa shape index (κ2) is 17.4. The molecule has 0 spiro atoms. The van der Waals surface area contributed by atoms with Crippen LogP contribution in [0.2, 0.25) is 0 Å². The molecule has 16 nitrogen and oxygen atoms in total. The van der Waals surface area contributed by atoms with Crippen LogP contribution in [0.5, 0.6) is 0 Å². The van der Waals surface area contributed by atoms with Gasteiger partial charge in [-0.25, -0.2) is 15.0 Å².